The Kier molecular flexibility index (Phi) is 5.46. The Balaban J connectivity index is 3.66. The molecule has 13 heavy (non-hydrogen) atoms. The van der Waals surface area contributed by atoms with Crippen molar-refractivity contribution in [1.29, 1.82) is 0 Å². The van der Waals surface area contributed by atoms with Gasteiger partial charge in [0.15, 0.2) is 0 Å². The van der Waals surface area contributed by atoms with Crippen LogP contribution in [0.5, 0.6) is 0 Å². The summed E-state index contributed by atoms with van der Waals surface area (Å²) in [6, 6.07) is 0. The van der Waals surface area contributed by atoms with Gasteiger partial charge < -0.3 is 4.90 Å². The highest BCUT2D eigenvalue weighted by atomic mass is 32.2. The van der Waals surface area contributed by atoms with E-state index in [9.17, 15) is 8.42 Å². The minimum Gasteiger partial charge on any atom is -0.309 e. The third kappa shape index (κ3) is 5.98. The molecule has 1 N–H and O–H groups in total. The average Bonchev–Trinajstić information content (AvgIpc) is 1.97. The molecule has 0 unspecified atom stereocenters. The Morgan fingerprint density at radius 3 is 2.08 bits per heavy atom. The zero-order valence-corrected chi connectivity index (χ0v) is 9.56. The normalized spacial score (nSPS) is 12.8. The molecule has 0 aliphatic rings. The van der Waals surface area contributed by atoms with E-state index in [2.05, 4.69) is 4.72 Å². The van der Waals surface area contributed by atoms with Gasteiger partial charge in [-0.1, -0.05) is 0 Å². The molecule has 0 aliphatic heterocycles. The second-order valence-electron chi connectivity index (χ2n) is 3.34. The Bertz CT molecular complexity index is 224. The van der Waals surface area contributed by atoms with E-state index in [0.717, 1.165) is 13.0 Å². The zero-order valence-electron chi connectivity index (χ0n) is 8.74. The molecule has 0 aromatic rings. The summed E-state index contributed by atoms with van der Waals surface area (Å²) >= 11 is 0. The van der Waals surface area contributed by atoms with Gasteiger partial charge in [-0.05, 0) is 27.1 Å². The lowest BCUT2D eigenvalue weighted by Gasteiger charge is -2.13. The monoisotopic (exact) mass is 209 g/mol. The van der Waals surface area contributed by atoms with E-state index >= 15 is 0 Å². The summed E-state index contributed by atoms with van der Waals surface area (Å²) in [5.74, 6) is 0. The molecule has 0 saturated heterocycles. The second kappa shape index (κ2) is 5.54. The topological polar surface area (TPSA) is 52.7 Å². The molecule has 0 bridgehead atoms. The van der Waals surface area contributed by atoms with Crippen molar-refractivity contribution in [2.24, 2.45) is 0 Å². The summed E-state index contributed by atoms with van der Waals surface area (Å²) in [5, 5.41) is 0. The van der Waals surface area contributed by atoms with E-state index in [4.69, 9.17) is 0 Å². The fourth-order valence-corrected chi connectivity index (χ4v) is 1.39. The SMILES string of the molecule is CN(C)CCCNS(=O)(=O)N(C)C. The van der Waals surface area contributed by atoms with Crippen LogP contribution in [-0.2, 0) is 10.2 Å². The number of rotatable bonds is 6. The van der Waals surface area contributed by atoms with E-state index < -0.39 is 10.2 Å². The standard InChI is InChI=1S/C7H19N3O2S/c1-9(2)7-5-6-8-13(11,12)10(3)4/h8H,5-7H2,1-4H3. The smallest absolute Gasteiger partial charge is 0.278 e. The van der Waals surface area contributed by atoms with Gasteiger partial charge in [0.05, 0.1) is 0 Å². The van der Waals surface area contributed by atoms with Crippen molar-refractivity contribution in [2.75, 3.05) is 41.3 Å². The fraction of sp³-hybridized carbons (Fsp3) is 1.00. The quantitative estimate of drug-likeness (QED) is 0.591. The van der Waals surface area contributed by atoms with Crippen molar-refractivity contribution in [3.05, 3.63) is 0 Å². The molecule has 0 fully saturated rings. The zero-order chi connectivity index (χ0) is 10.5. The van der Waals surface area contributed by atoms with E-state index in [0.29, 0.717) is 6.54 Å². The molecule has 0 radical (unpaired) electrons. The van der Waals surface area contributed by atoms with Crippen LogP contribution in [0.15, 0.2) is 0 Å². The molecule has 0 amide bonds. The van der Waals surface area contributed by atoms with Crippen molar-refractivity contribution in [1.82, 2.24) is 13.9 Å². The number of hydrogen-bond acceptors (Lipinski definition) is 3. The van der Waals surface area contributed by atoms with E-state index in [-0.39, 0.29) is 0 Å². The van der Waals surface area contributed by atoms with Gasteiger partial charge in [0.1, 0.15) is 0 Å². The molecule has 0 rings (SSSR count). The molecule has 0 atom stereocenters. The number of nitrogens with zero attached hydrogens (tertiary/aromatic N) is 2. The van der Waals surface area contributed by atoms with Crippen LogP contribution in [0.3, 0.4) is 0 Å². The molecule has 80 valence electrons. The van der Waals surface area contributed by atoms with Gasteiger partial charge in [-0.25, -0.2) is 4.72 Å². The maximum Gasteiger partial charge on any atom is 0.278 e. The molecular weight excluding hydrogens is 190 g/mol. The third-order valence-electron chi connectivity index (χ3n) is 1.55. The Hall–Kier alpha value is -0.170. The predicted octanol–water partition coefficient (Wildman–Crippen LogP) is -0.666. The first-order chi connectivity index (χ1) is 5.86. The maximum absolute atomic E-state index is 11.2. The number of nitrogens with one attached hydrogen (secondary N) is 1. The molecule has 0 saturated carbocycles. The van der Waals surface area contributed by atoms with Crippen LogP contribution in [-0.4, -0.2) is 58.9 Å². The highest BCUT2D eigenvalue weighted by Gasteiger charge is 2.10. The van der Waals surface area contributed by atoms with Gasteiger partial charge in [-0.2, -0.15) is 12.7 Å². The summed E-state index contributed by atoms with van der Waals surface area (Å²) in [4.78, 5) is 2.02. The molecule has 0 heterocycles. The van der Waals surface area contributed by atoms with Crippen molar-refractivity contribution in [3.63, 3.8) is 0 Å². The first-order valence-electron chi connectivity index (χ1n) is 4.18. The van der Waals surface area contributed by atoms with Crippen LogP contribution in [0, 0.1) is 0 Å². The minimum absolute atomic E-state index is 0.485. The van der Waals surface area contributed by atoms with Crippen LogP contribution in [0.4, 0.5) is 0 Å². The molecule has 0 aliphatic carbocycles. The van der Waals surface area contributed by atoms with E-state index in [1.807, 2.05) is 19.0 Å². The molecule has 0 aromatic carbocycles. The largest absolute Gasteiger partial charge is 0.309 e. The minimum atomic E-state index is -3.23. The summed E-state index contributed by atoms with van der Waals surface area (Å²) in [6.45, 7) is 1.37. The average molecular weight is 209 g/mol. The molecular formula is C7H19N3O2S. The van der Waals surface area contributed by atoms with Gasteiger partial charge in [-0.3, -0.25) is 0 Å². The Morgan fingerprint density at radius 2 is 1.69 bits per heavy atom. The van der Waals surface area contributed by atoms with Crippen LogP contribution in [0.2, 0.25) is 0 Å². The Labute approximate surface area is 80.9 Å². The summed E-state index contributed by atoms with van der Waals surface area (Å²) in [5.41, 5.74) is 0. The van der Waals surface area contributed by atoms with Gasteiger partial charge >= 0.3 is 0 Å². The van der Waals surface area contributed by atoms with Gasteiger partial charge in [0.25, 0.3) is 10.2 Å². The van der Waals surface area contributed by atoms with E-state index in [1.165, 1.54) is 18.4 Å². The number of hydrogen-bond donors (Lipinski definition) is 1. The van der Waals surface area contributed by atoms with Crippen LogP contribution in [0.25, 0.3) is 0 Å². The summed E-state index contributed by atoms with van der Waals surface area (Å²) in [7, 11) is 3.70. The molecule has 0 aromatic heterocycles. The van der Waals surface area contributed by atoms with Crippen molar-refractivity contribution in [2.45, 2.75) is 6.42 Å². The highest BCUT2D eigenvalue weighted by molar-refractivity contribution is 7.87. The maximum atomic E-state index is 11.2. The molecule has 0 spiro atoms. The first kappa shape index (κ1) is 12.8. The summed E-state index contributed by atoms with van der Waals surface area (Å²) in [6.07, 6.45) is 0.820. The van der Waals surface area contributed by atoms with Gasteiger partial charge in [-0.15, -0.1) is 0 Å². The second-order valence-corrected chi connectivity index (χ2v) is 5.31. The molecule has 5 nitrogen and oxygen atoms in total. The lowest BCUT2D eigenvalue weighted by atomic mass is 10.4. The first-order valence-corrected chi connectivity index (χ1v) is 5.62. The lowest BCUT2D eigenvalue weighted by Crippen LogP contribution is -2.36. The van der Waals surface area contributed by atoms with Crippen molar-refractivity contribution < 1.29 is 8.42 Å². The van der Waals surface area contributed by atoms with Crippen molar-refractivity contribution >= 4 is 10.2 Å². The lowest BCUT2D eigenvalue weighted by molar-refractivity contribution is 0.398. The predicted molar refractivity (Wildman–Crippen MR) is 53.8 cm³/mol. The third-order valence-corrected chi connectivity index (χ3v) is 3.08. The van der Waals surface area contributed by atoms with E-state index in [1.54, 1.807) is 0 Å². The molecule has 6 heteroatoms. The fourth-order valence-electron chi connectivity index (χ4n) is 0.726. The van der Waals surface area contributed by atoms with Crippen LogP contribution < -0.4 is 4.72 Å². The Morgan fingerprint density at radius 1 is 1.15 bits per heavy atom. The summed E-state index contributed by atoms with van der Waals surface area (Å²) < 4.78 is 26.0. The highest BCUT2D eigenvalue weighted by Crippen LogP contribution is 1.89. The van der Waals surface area contributed by atoms with Gasteiger partial charge in [0.2, 0.25) is 0 Å². The van der Waals surface area contributed by atoms with Crippen molar-refractivity contribution in [3.8, 4) is 0 Å². The van der Waals surface area contributed by atoms with Crippen LogP contribution in [0.1, 0.15) is 6.42 Å². The van der Waals surface area contributed by atoms with Crippen LogP contribution >= 0.6 is 0 Å². The van der Waals surface area contributed by atoms with Gasteiger partial charge in [0, 0.05) is 20.6 Å².